The van der Waals surface area contributed by atoms with Gasteiger partial charge < -0.3 is 15.2 Å². The molecule has 0 aromatic heterocycles. The van der Waals surface area contributed by atoms with E-state index in [1.54, 1.807) is 0 Å². The topological polar surface area (TPSA) is 44.5 Å². The van der Waals surface area contributed by atoms with Gasteiger partial charge in [0, 0.05) is 19.1 Å². The minimum absolute atomic E-state index is 0.0410. The van der Waals surface area contributed by atoms with Crippen molar-refractivity contribution in [1.29, 1.82) is 0 Å². The first kappa shape index (κ1) is 14.4. The highest BCUT2D eigenvalue weighted by atomic mass is 16.5. The summed E-state index contributed by atoms with van der Waals surface area (Å²) in [5.74, 6) is 1.00. The third-order valence-electron chi connectivity index (χ3n) is 3.95. The number of benzene rings is 1. The molecule has 0 amide bonds. The van der Waals surface area contributed by atoms with Crippen LogP contribution in [-0.2, 0) is 4.74 Å². The maximum atomic E-state index is 6.17. The van der Waals surface area contributed by atoms with Gasteiger partial charge in [-0.3, -0.25) is 0 Å². The zero-order valence-corrected chi connectivity index (χ0v) is 12.4. The Labute approximate surface area is 116 Å². The fourth-order valence-electron chi connectivity index (χ4n) is 2.47. The average Bonchev–Trinajstić information content (AvgIpc) is 2.38. The molecule has 3 heteroatoms. The van der Waals surface area contributed by atoms with Crippen LogP contribution in [0, 0.1) is 20.8 Å². The summed E-state index contributed by atoms with van der Waals surface area (Å²) in [4.78, 5) is 0. The lowest BCUT2D eigenvalue weighted by atomic mass is 9.86. The van der Waals surface area contributed by atoms with E-state index in [1.807, 2.05) is 0 Å². The van der Waals surface area contributed by atoms with E-state index in [1.165, 1.54) is 16.7 Å². The van der Waals surface area contributed by atoms with Gasteiger partial charge in [-0.25, -0.2) is 0 Å². The normalized spacial score (nSPS) is 26.1. The second-order valence-electron chi connectivity index (χ2n) is 5.54. The van der Waals surface area contributed by atoms with Gasteiger partial charge in [-0.2, -0.15) is 0 Å². The summed E-state index contributed by atoms with van der Waals surface area (Å²) >= 11 is 0. The van der Waals surface area contributed by atoms with Crippen molar-refractivity contribution in [3.8, 4) is 5.75 Å². The van der Waals surface area contributed by atoms with E-state index >= 15 is 0 Å². The molecule has 1 aromatic carbocycles. The Balaban J connectivity index is 2.07. The van der Waals surface area contributed by atoms with Gasteiger partial charge in [-0.05, 0) is 43.9 Å². The summed E-state index contributed by atoms with van der Waals surface area (Å²) in [6, 6.07) is 4.36. The molecule has 0 aliphatic heterocycles. The SMILES string of the molecule is CCCOC1C(N)CC1Oc1c(C)ccc(C)c1C. The van der Waals surface area contributed by atoms with Crippen LogP contribution in [0.4, 0.5) is 0 Å². The second-order valence-corrected chi connectivity index (χ2v) is 5.54. The van der Waals surface area contributed by atoms with Crippen LogP contribution < -0.4 is 10.5 Å². The van der Waals surface area contributed by atoms with Gasteiger partial charge in [0.05, 0.1) is 0 Å². The molecular formula is C16H25NO2. The quantitative estimate of drug-likeness (QED) is 0.888. The van der Waals surface area contributed by atoms with E-state index in [2.05, 4.69) is 39.8 Å². The predicted molar refractivity (Wildman–Crippen MR) is 77.7 cm³/mol. The van der Waals surface area contributed by atoms with Crippen molar-refractivity contribution in [3.05, 3.63) is 28.8 Å². The molecule has 0 bridgehead atoms. The monoisotopic (exact) mass is 263 g/mol. The smallest absolute Gasteiger partial charge is 0.128 e. The highest BCUT2D eigenvalue weighted by Crippen LogP contribution is 2.32. The molecule has 1 saturated carbocycles. The van der Waals surface area contributed by atoms with Crippen molar-refractivity contribution in [2.45, 2.75) is 58.8 Å². The molecule has 1 aliphatic rings. The maximum Gasteiger partial charge on any atom is 0.128 e. The Morgan fingerprint density at radius 2 is 1.89 bits per heavy atom. The molecule has 19 heavy (non-hydrogen) atoms. The first-order valence-electron chi connectivity index (χ1n) is 7.15. The number of ether oxygens (including phenoxy) is 2. The molecule has 2 N–H and O–H groups in total. The van der Waals surface area contributed by atoms with Gasteiger partial charge in [0.15, 0.2) is 0 Å². The Hall–Kier alpha value is -1.06. The summed E-state index contributed by atoms with van der Waals surface area (Å²) in [6.45, 7) is 9.17. The van der Waals surface area contributed by atoms with E-state index in [9.17, 15) is 0 Å². The molecule has 0 saturated heterocycles. The molecule has 3 atom stereocenters. The van der Waals surface area contributed by atoms with Gasteiger partial charge in [0.2, 0.25) is 0 Å². The molecule has 106 valence electrons. The van der Waals surface area contributed by atoms with Gasteiger partial charge >= 0.3 is 0 Å². The van der Waals surface area contributed by atoms with Crippen LogP contribution in [-0.4, -0.2) is 24.9 Å². The summed E-state index contributed by atoms with van der Waals surface area (Å²) in [6.07, 6.45) is 2.03. The van der Waals surface area contributed by atoms with Crippen LogP contribution in [0.25, 0.3) is 0 Å². The Morgan fingerprint density at radius 1 is 1.21 bits per heavy atom. The molecular weight excluding hydrogens is 238 g/mol. The van der Waals surface area contributed by atoms with Gasteiger partial charge in [0.25, 0.3) is 0 Å². The fraction of sp³-hybridized carbons (Fsp3) is 0.625. The lowest BCUT2D eigenvalue weighted by Gasteiger charge is -2.42. The maximum absolute atomic E-state index is 6.17. The van der Waals surface area contributed by atoms with E-state index in [-0.39, 0.29) is 18.2 Å². The van der Waals surface area contributed by atoms with Crippen LogP contribution in [0.2, 0.25) is 0 Å². The number of rotatable bonds is 5. The highest BCUT2D eigenvalue weighted by molar-refractivity contribution is 5.44. The minimum atomic E-state index is 0.0410. The first-order valence-corrected chi connectivity index (χ1v) is 7.15. The van der Waals surface area contributed by atoms with Crippen molar-refractivity contribution in [3.63, 3.8) is 0 Å². The van der Waals surface area contributed by atoms with Crippen molar-refractivity contribution >= 4 is 0 Å². The Kier molecular flexibility index (Phi) is 4.48. The number of aryl methyl sites for hydroxylation is 2. The number of nitrogens with two attached hydrogens (primary N) is 1. The largest absolute Gasteiger partial charge is 0.487 e. The molecule has 2 rings (SSSR count). The number of hydrogen-bond acceptors (Lipinski definition) is 3. The molecule has 1 aliphatic carbocycles. The zero-order valence-electron chi connectivity index (χ0n) is 12.4. The molecule has 0 spiro atoms. The van der Waals surface area contributed by atoms with Gasteiger partial charge in [0.1, 0.15) is 18.0 Å². The zero-order chi connectivity index (χ0) is 14.0. The Bertz CT molecular complexity index is 445. The molecule has 3 unspecified atom stereocenters. The minimum Gasteiger partial charge on any atom is -0.487 e. The van der Waals surface area contributed by atoms with Crippen LogP contribution in [0.1, 0.15) is 36.5 Å². The molecule has 3 nitrogen and oxygen atoms in total. The molecule has 0 radical (unpaired) electrons. The third kappa shape index (κ3) is 2.93. The molecule has 0 heterocycles. The van der Waals surface area contributed by atoms with Crippen molar-refractivity contribution in [2.75, 3.05) is 6.61 Å². The van der Waals surface area contributed by atoms with E-state index in [0.717, 1.165) is 25.2 Å². The fourth-order valence-corrected chi connectivity index (χ4v) is 2.47. The van der Waals surface area contributed by atoms with Crippen LogP contribution in [0.3, 0.4) is 0 Å². The van der Waals surface area contributed by atoms with E-state index in [0.29, 0.717) is 0 Å². The van der Waals surface area contributed by atoms with Crippen LogP contribution in [0.15, 0.2) is 12.1 Å². The average molecular weight is 263 g/mol. The van der Waals surface area contributed by atoms with E-state index < -0.39 is 0 Å². The summed E-state index contributed by atoms with van der Waals surface area (Å²) < 4.78 is 12.0. The lowest BCUT2D eigenvalue weighted by molar-refractivity contribution is -0.0983. The van der Waals surface area contributed by atoms with Gasteiger partial charge in [-0.15, -0.1) is 0 Å². The highest BCUT2D eigenvalue weighted by Gasteiger charge is 2.41. The van der Waals surface area contributed by atoms with Gasteiger partial charge in [-0.1, -0.05) is 19.1 Å². The first-order chi connectivity index (χ1) is 9.04. The summed E-state index contributed by atoms with van der Waals surface area (Å²) in [5, 5.41) is 0. The molecule has 1 aromatic rings. The van der Waals surface area contributed by atoms with Crippen molar-refractivity contribution in [2.24, 2.45) is 5.73 Å². The summed E-state index contributed by atoms with van der Waals surface area (Å²) in [5.41, 5.74) is 9.66. The molecule has 1 fully saturated rings. The standard InChI is InChI=1S/C16H25NO2/c1-5-8-18-16-13(17)9-14(16)19-15-11(3)7-6-10(2)12(15)4/h6-7,13-14,16H,5,8-9,17H2,1-4H3. The Morgan fingerprint density at radius 3 is 2.53 bits per heavy atom. The third-order valence-corrected chi connectivity index (χ3v) is 3.95. The van der Waals surface area contributed by atoms with E-state index in [4.69, 9.17) is 15.2 Å². The van der Waals surface area contributed by atoms with Crippen molar-refractivity contribution in [1.82, 2.24) is 0 Å². The second kappa shape index (κ2) is 5.93. The van der Waals surface area contributed by atoms with Crippen LogP contribution in [0.5, 0.6) is 5.75 Å². The lowest BCUT2D eigenvalue weighted by Crippen LogP contribution is -2.59. The van der Waals surface area contributed by atoms with Crippen molar-refractivity contribution < 1.29 is 9.47 Å². The number of hydrogen-bond donors (Lipinski definition) is 1. The predicted octanol–water partition coefficient (Wildman–Crippen LogP) is 2.89. The van der Waals surface area contributed by atoms with Crippen LogP contribution >= 0.6 is 0 Å². The summed E-state index contributed by atoms with van der Waals surface area (Å²) in [7, 11) is 0.